The molecule has 1 aliphatic rings. The second-order valence-electron chi connectivity index (χ2n) is 6.61. The number of carbonyl (C=O) groups is 2. The number of piperidine rings is 1. The minimum absolute atomic E-state index is 0.00417. The Hall–Kier alpha value is -1.88. The third kappa shape index (κ3) is 4.35. The maximum Gasteiger partial charge on any atom is 0.253 e. The zero-order chi connectivity index (χ0) is 17.7. The predicted molar refractivity (Wildman–Crippen MR) is 93.9 cm³/mol. The molecule has 132 valence electrons. The largest absolute Gasteiger partial charge is 0.395 e. The summed E-state index contributed by atoms with van der Waals surface area (Å²) in [7, 11) is 0. The van der Waals surface area contributed by atoms with Gasteiger partial charge in [0, 0.05) is 31.7 Å². The van der Waals surface area contributed by atoms with Crippen LogP contribution in [0, 0.1) is 19.8 Å². The van der Waals surface area contributed by atoms with E-state index in [1.165, 1.54) is 0 Å². The van der Waals surface area contributed by atoms with Crippen LogP contribution in [0.2, 0.25) is 0 Å². The van der Waals surface area contributed by atoms with Gasteiger partial charge in [-0.05, 0) is 45.7 Å². The van der Waals surface area contributed by atoms with Crippen molar-refractivity contribution in [2.45, 2.75) is 33.6 Å². The molecule has 1 heterocycles. The van der Waals surface area contributed by atoms with E-state index in [1.807, 2.05) is 39.0 Å². The molecule has 0 saturated carbocycles. The van der Waals surface area contributed by atoms with E-state index in [0.717, 1.165) is 24.0 Å². The molecule has 1 unspecified atom stereocenters. The number of aryl methyl sites for hydroxylation is 2. The molecule has 1 atom stereocenters. The molecule has 1 aromatic carbocycles. The van der Waals surface area contributed by atoms with Crippen LogP contribution in [0.1, 0.15) is 41.3 Å². The number of carbonyl (C=O) groups excluding carboxylic acids is 2. The molecule has 2 rings (SSSR count). The minimum Gasteiger partial charge on any atom is -0.395 e. The van der Waals surface area contributed by atoms with Gasteiger partial charge in [0.2, 0.25) is 5.91 Å². The van der Waals surface area contributed by atoms with Gasteiger partial charge in [0.25, 0.3) is 5.91 Å². The van der Waals surface area contributed by atoms with Crippen LogP contribution in [-0.4, -0.2) is 59.5 Å². The number of rotatable bonds is 5. The smallest absolute Gasteiger partial charge is 0.253 e. The van der Waals surface area contributed by atoms with Crippen LogP contribution < -0.4 is 0 Å². The number of nitrogens with zero attached hydrogens (tertiary/aromatic N) is 2. The van der Waals surface area contributed by atoms with E-state index in [1.54, 1.807) is 9.80 Å². The second-order valence-corrected chi connectivity index (χ2v) is 6.61. The van der Waals surface area contributed by atoms with E-state index in [2.05, 4.69) is 0 Å². The number of hydrogen-bond donors (Lipinski definition) is 1. The summed E-state index contributed by atoms with van der Waals surface area (Å²) in [4.78, 5) is 28.9. The van der Waals surface area contributed by atoms with Crippen molar-refractivity contribution in [3.05, 3.63) is 34.9 Å². The van der Waals surface area contributed by atoms with E-state index >= 15 is 0 Å². The SMILES string of the molecule is CCN(CCO)C(=O)C1CCCN(C(=O)c2cc(C)cc(C)c2)C1. The first-order valence-electron chi connectivity index (χ1n) is 8.73. The van der Waals surface area contributed by atoms with Crippen LogP contribution in [0.15, 0.2) is 18.2 Å². The highest BCUT2D eigenvalue weighted by Gasteiger charge is 2.31. The van der Waals surface area contributed by atoms with Gasteiger partial charge in [0.05, 0.1) is 12.5 Å². The summed E-state index contributed by atoms with van der Waals surface area (Å²) in [6, 6.07) is 5.86. The highest BCUT2D eigenvalue weighted by Crippen LogP contribution is 2.21. The van der Waals surface area contributed by atoms with Gasteiger partial charge in [0.15, 0.2) is 0 Å². The van der Waals surface area contributed by atoms with Crippen molar-refractivity contribution < 1.29 is 14.7 Å². The molecular formula is C19H28N2O3. The van der Waals surface area contributed by atoms with Gasteiger partial charge in [-0.15, -0.1) is 0 Å². The average molecular weight is 332 g/mol. The van der Waals surface area contributed by atoms with E-state index in [9.17, 15) is 9.59 Å². The number of aliphatic hydroxyl groups is 1. The summed E-state index contributed by atoms with van der Waals surface area (Å²) in [5.41, 5.74) is 2.84. The molecule has 0 aliphatic carbocycles. The molecule has 1 saturated heterocycles. The molecule has 0 bridgehead atoms. The molecule has 24 heavy (non-hydrogen) atoms. The topological polar surface area (TPSA) is 60.9 Å². The lowest BCUT2D eigenvalue weighted by atomic mass is 9.95. The van der Waals surface area contributed by atoms with Crippen LogP contribution in [0.25, 0.3) is 0 Å². The summed E-state index contributed by atoms with van der Waals surface area (Å²) < 4.78 is 0. The van der Waals surface area contributed by atoms with Gasteiger partial charge in [-0.25, -0.2) is 0 Å². The first-order chi connectivity index (χ1) is 11.5. The number of benzene rings is 1. The number of amides is 2. The fourth-order valence-electron chi connectivity index (χ4n) is 3.45. The highest BCUT2D eigenvalue weighted by molar-refractivity contribution is 5.95. The molecule has 1 aliphatic heterocycles. The quantitative estimate of drug-likeness (QED) is 0.897. The van der Waals surface area contributed by atoms with Crippen LogP contribution in [0.3, 0.4) is 0 Å². The Labute approximate surface area is 144 Å². The van der Waals surface area contributed by atoms with Gasteiger partial charge in [0.1, 0.15) is 0 Å². The van der Waals surface area contributed by atoms with Crippen molar-refractivity contribution in [2.24, 2.45) is 5.92 Å². The van der Waals surface area contributed by atoms with Crippen LogP contribution >= 0.6 is 0 Å². The fraction of sp³-hybridized carbons (Fsp3) is 0.579. The lowest BCUT2D eigenvalue weighted by Gasteiger charge is -2.34. The molecule has 2 amide bonds. The lowest BCUT2D eigenvalue weighted by molar-refractivity contribution is -0.137. The number of aliphatic hydroxyl groups excluding tert-OH is 1. The zero-order valence-corrected chi connectivity index (χ0v) is 14.9. The monoisotopic (exact) mass is 332 g/mol. The molecule has 0 aromatic heterocycles. The highest BCUT2D eigenvalue weighted by atomic mass is 16.3. The molecular weight excluding hydrogens is 304 g/mol. The standard InChI is InChI=1S/C19H28N2O3/c1-4-20(8-9-22)18(23)16-6-5-7-21(13-16)19(24)17-11-14(2)10-15(3)12-17/h10-12,16,22H,4-9,13H2,1-3H3. The molecule has 0 radical (unpaired) electrons. The van der Waals surface area contributed by atoms with Crippen molar-refractivity contribution in [1.82, 2.24) is 9.80 Å². The molecule has 5 heteroatoms. The third-order valence-electron chi connectivity index (χ3n) is 4.59. The summed E-state index contributed by atoms with van der Waals surface area (Å²) >= 11 is 0. The Bertz CT molecular complexity index is 580. The molecule has 1 fully saturated rings. The maximum atomic E-state index is 12.8. The van der Waals surface area contributed by atoms with Crippen molar-refractivity contribution in [3.63, 3.8) is 0 Å². The van der Waals surface area contributed by atoms with Gasteiger partial charge in [-0.1, -0.05) is 17.2 Å². The van der Waals surface area contributed by atoms with Gasteiger partial charge in [-0.2, -0.15) is 0 Å². The predicted octanol–water partition coefficient (Wildman–Crippen LogP) is 2.00. The first-order valence-corrected chi connectivity index (χ1v) is 8.73. The maximum absolute atomic E-state index is 12.8. The Kier molecular flexibility index (Phi) is 6.37. The Morgan fingerprint density at radius 1 is 1.25 bits per heavy atom. The first kappa shape index (κ1) is 18.5. The number of likely N-dealkylation sites (N-methyl/N-ethyl adjacent to an activating group) is 1. The molecule has 5 nitrogen and oxygen atoms in total. The van der Waals surface area contributed by atoms with E-state index in [-0.39, 0.29) is 24.3 Å². The summed E-state index contributed by atoms with van der Waals surface area (Å²) in [6.07, 6.45) is 1.64. The zero-order valence-electron chi connectivity index (χ0n) is 14.9. The van der Waals surface area contributed by atoms with Gasteiger partial charge >= 0.3 is 0 Å². The Morgan fingerprint density at radius 2 is 1.92 bits per heavy atom. The molecule has 0 spiro atoms. The van der Waals surface area contributed by atoms with E-state index in [4.69, 9.17) is 5.11 Å². The van der Waals surface area contributed by atoms with Crippen molar-refractivity contribution in [1.29, 1.82) is 0 Å². The summed E-state index contributed by atoms with van der Waals surface area (Å²) in [5.74, 6) is -0.117. The fourth-order valence-corrected chi connectivity index (χ4v) is 3.45. The number of hydrogen-bond acceptors (Lipinski definition) is 3. The van der Waals surface area contributed by atoms with Crippen LogP contribution in [-0.2, 0) is 4.79 Å². The number of likely N-dealkylation sites (tertiary alicyclic amines) is 1. The minimum atomic E-state index is -0.167. The summed E-state index contributed by atoms with van der Waals surface area (Å²) in [6.45, 7) is 7.96. The molecule has 1 N–H and O–H groups in total. The van der Waals surface area contributed by atoms with Crippen molar-refractivity contribution >= 4 is 11.8 Å². The third-order valence-corrected chi connectivity index (χ3v) is 4.59. The van der Waals surface area contributed by atoms with E-state index < -0.39 is 0 Å². The normalized spacial score (nSPS) is 17.7. The van der Waals surface area contributed by atoms with Crippen molar-refractivity contribution in [3.8, 4) is 0 Å². The second kappa shape index (κ2) is 8.29. The molecule has 1 aromatic rings. The Morgan fingerprint density at radius 3 is 2.50 bits per heavy atom. The van der Waals surface area contributed by atoms with Gasteiger partial charge in [-0.3, -0.25) is 9.59 Å². The average Bonchev–Trinajstić information content (AvgIpc) is 2.57. The van der Waals surface area contributed by atoms with Crippen molar-refractivity contribution in [2.75, 3.05) is 32.8 Å². The summed E-state index contributed by atoms with van der Waals surface area (Å²) in [5, 5.41) is 9.10. The van der Waals surface area contributed by atoms with Gasteiger partial charge < -0.3 is 14.9 Å². The van der Waals surface area contributed by atoms with Crippen LogP contribution in [0.4, 0.5) is 0 Å². The van der Waals surface area contributed by atoms with Crippen LogP contribution in [0.5, 0.6) is 0 Å². The Balaban J connectivity index is 2.09. The lowest BCUT2D eigenvalue weighted by Crippen LogP contribution is -2.47. The van der Waals surface area contributed by atoms with E-state index in [0.29, 0.717) is 31.7 Å².